The summed E-state index contributed by atoms with van der Waals surface area (Å²) in [7, 11) is 1.66. The summed E-state index contributed by atoms with van der Waals surface area (Å²) >= 11 is 0. The van der Waals surface area contributed by atoms with Gasteiger partial charge in [-0.3, -0.25) is 4.57 Å². The Bertz CT molecular complexity index is 997. The predicted molar refractivity (Wildman–Crippen MR) is 97.0 cm³/mol. The number of aromatic nitrogens is 4. The molecular weight excluding hydrogens is 314 g/mol. The minimum atomic E-state index is 0.626. The molecule has 6 heteroatoms. The monoisotopic (exact) mass is 331 g/mol. The quantitative estimate of drug-likeness (QED) is 0.607. The lowest BCUT2D eigenvalue weighted by atomic mass is 10.2. The molecule has 0 saturated heterocycles. The van der Waals surface area contributed by atoms with Gasteiger partial charge in [0, 0.05) is 12.2 Å². The van der Waals surface area contributed by atoms with Crippen LogP contribution in [0.2, 0.25) is 0 Å². The molecule has 0 amide bonds. The van der Waals surface area contributed by atoms with Crippen LogP contribution in [0.4, 0.5) is 5.82 Å². The van der Waals surface area contributed by atoms with E-state index in [2.05, 4.69) is 20.3 Å². The van der Waals surface area contributed by atoms with Crippen LogP contribution in [-0.2, 0) is 6.54 Å². The number of benzene rings is 2. The smallest absolute Gasteiger partial charge is 0.170 e. The Labute approximate surface area is 145 Å². The van der Waals surface area contributed by atoms with Crippen molar-refractivity contribution in [3.8, 4) is 11.4 Å². The maximum atomic E-state index is 5.26. The molecule has 0 aliphatic carbocycles. The zero-order valence-electron chi connectivity index (χ0n) is 13.8. The maximum Gasteiger partial charge on any atom is 0.170 e. The lowest BCUT2D eigenvalue weighted by Gasteiger charge is -2.08. The van der Waals surface area contributed by atoms with Crippen molar-refractivity contribution in [2.24, 2.45) is 0 Å². The molecule has 0 fully saturated rings. The van der Waals surface area contributed by atoms with Crippen LogP contribution in [0.15, 0.2) is 67.3 Å². The van der Waals surface area contributed by atoms with Crippen LogP contribution in [0.5, 0.6) is 5.75 Å². The van der Waals surface area contributed by atoms with E-state index in [-0.39, 0.29) is 0 Å². The van der Waals surface area contributed by atoms with Gasteiger partial charge in [0.05, 0.1) is 7.11 Å². The molecule has 2 aromatic heterocycles. The first-order valence-electron chi connectivity index (χ1n) is 7.95. The molecule has 0 radical (unpaired) electrons. The van der Waals surface area contributed by atoms with E-state index in [1.54, 1.807) is 19.8 Å². The second kappa shape index (κ2) is 6.60. The Morgan fingerprint density at radius 1 is 1.00 bits per heavy atom. The number of rotatable bonds is 5. The molecule has 6 nitrogen and oxygen atoms in total. The lowest BCUT2D eigenvalue weighted by molar-refractivity contribution is 0.414. The fraction of sp³-hybridized carbons (Fsp3) is 0.105. The third-order valence-electron chi connectivity index (χ3n) is 3.96. The number of hydrogen-bond donors (Lipinski definition) is 1. The van der Waals surface area contributed by atoms with E-state index in [0.29, 0.717) is 12.4 Å². The lowest BCUT2D eigenvalue weighted by Crippen LogP contribution is -2.03. The first-order chi connectivity index (χ1) is 12.3. The van der Waals surface area contributed by atoms with E-state index >= 15 is 0 Å². The number of imidazole rings is 1. The third kappa shape index (κ3) is 3.01. The van der Waals surface area contributed by atoms with Crippen molar-refractivity contribution in [2.45, 2.75) is 6.54 Å². The van der Waals surface area contributed by atoms with Crippen LogP contribution in [0.3, 0.4) is 0 Å². The summed E-state index contributed by atoms with van der Waals surface area (Å²) in [5.74, 6) is 1.54. The number of hydrogen-bond acceptors (Lipinski definition) is 5. The van der Waals surface area contributed by atoms with Gasteiger partial charge in [-0.15, -0.1) is 0 Å². The largest absolute Gasteiger partial charge is 0.497 e. The van der Waals surface area contributed by atoms with Gasteiger partial charge in [0.1, 0.15) is 18.4 Å². The zero-order valence-corrected chi connectivity index (χ0v) is 13.8. The van der Waals surface area contributed by atoms with E-state index in [1.807, 2.05) is 59.2 Å². The van der Waals surface area contributed by atoms with Gasteiger partial charge in [0.15, 0.2) is 17.0 Å². The number of nitrogens with zero attached hydrogens (tertiary/aromatic N) is 4. The first kappa shape index (κ1) is 15.1. The van der Waals surface area contributed by atoms with Gasteiger partial charge in [-0.05, 0) is 29.8 Å². The zero-order chi connectivity index (χ0) is 17.1. The van der Waals surface area contributed by atoms with Crippen LogP contribution in [0.25, 0.3) is 16.9 Å². The number of ether oxygens (including phenoxy) is 1. The molecule has 0 spiro atoms. The number of anilines is 1. The Kier molecular flexibility index (Phi) is 4.00. The van der Waals surface area contributed by atoms with Crippen molar-refractivity contribution in [1.82, 2.24) is 19.5 Å². The van der Waals surface area contributed by atoms with Crippen molar-refractivity contribution in [2.75, 3.05) is 12.4 Å². The van der Waals surface area contributed by atoms with Gasteiger partial charge < -0.3 is 10.1 Å². The molecule has 0 aliphatic rings. The highest BCUT2D eigenvalue weighted by molar-refractivity contribution is 5.83. The molecule has 0 atom stereocenters. The fourth-order valence-corrected chi connectivity index (χ4v) is 2.71. The molecule has 124 valence electrons. The van der Waals surface area contributed by atoms with E-state index in [4.69, 9.17) is 4.74 Å². The molecule has 2 aromatic carbocycles. The summed E-state index contributed by atoms with van der Waals surface area (Å²) in [6, 6.07) is 17.9. The fourth-order valence-electron chi connectivity index (χ4n) is 2.71. The summed E-state index contributed by atoms with van der Waals surface area (Å²) in [6.07, 6.45) is 3.32. The molecular formula is C19H17N5O. The number of methoxy groups -OCH3 is 1. The van der Waals surface area contributed by atoms with Crippen LogP contribution < -0.4 is 10.1 Å². The summed E-state index contributed by atoms with van der Waals surface area (Å²) in [5, 5.41) is 3.34. The van der Waals surface area contributed by atoms with Gasteiger partial charge in [-0.1, -0.05) is 30.3 Å². The van der Waals surface area contributed by atoms with E-state index in [9.17, 15) is 0 Å². The van der Waals surface area contributed by atoms with Crippen molar-refractivity contribution in [3.63, 3.8) is 0 Å². The molecule has 25 heavy (non-hydrogen) atoms. The molecule has 0 aliphatic heterocycles. The Hall–Kier alpha value is -3.41. The highest BCUT2D eigenvalue weighted by Crippen LogP contribution is 2.21. The van der Waals surface area contributed by atoms with Gasteiger partial charge in [-0.25, -0.2) is 15.0 Å². The average molecular weight is 331 g/mol. The van der Waals surface area contributed by atoms with Gasteiger partial charge >= 0.3 is 0 Å². The predicted octanol–water partition coefficient (Wildman–Crippen LogP) is 3.44. The van der Waals surface area contributed by atoms with E-state index in [1.165, 1.54) is 0 Å². The minimum Gasteiger partial charge on any atom is -0.497 e. The molecule has 1 N–H and O–H groups in total. The van der Waals surface area contributed by atoms with Gasteiger partial charge in [0.25, 0.3) is 0 Å². The van der Waals surface area contributed by atoms with Gasteiger partial charge in [-0.2, -0.15) is 0 Å². The second-order valence-electron chi connectivity index (χ2n) is 5.55. The summed E-state index contributed by atoms with van der Waals surface area (Å²) in [6.45, 7) is 0.626. The van der Waals surface area contributed by atoms with Crippen LogP contribution in [0.1, 0.15) is 5.56 Å². The van der Waals surface area contributed by atoms with Crippen molar-refractivity contribution in [1.29, 1.82) is 0 Å². The third-order valence-corrected chi connectivity index (χ3v) is 3.96. The van der Waals surface area contributed by atoms with Crippen LogP contribution in [0, 0.1) is 0 Å². The molecule has 0 bridgehead atoms. The van der Waals surface area contributed by atoms with Crippen molar-refractivity contribution in [3.05, 3.63) is 72.8 Å². The topological polar surface area (TPSA) is 64.9 Å². The maximum absolute atomic E-state index is 5.26. The van der Waals surface area contributed by atoms with Gasteiger partial charge in [0.2, 0.25) is 0 Å². The van der Waals surface area contributed by atoms with Crippen molar-refractivity contribution >= 4 is 17.0 Å². The van der Waals surface area contributed by atoms with E-state index < -0.39 is 0 Å². The number of para-hydroxylation sites is 1. The highest BCUT2D eigenvalue weighted by atomic mass is 16.5. The molecule has 2 heterocycles. The van der Waals surface area contributed by atoms with Crippen molar-refractivity contribution < 1.29 is 4.74 Å². The Morgan fingerprint density at radius 3 is 2.72 bits per heavy atom. The summed E-state index contributed by atoms with van der Waals surface area (Å²) in [5.41, 5.74) is 3.64. The summed E-state index contributed by atoms with van der Waals surface area (Å²) < 4.78 is 7.21. The van der Waals surface area contributed by atoms with Crippen LogP contribution in [-0.4, -0.2) is 26.6 Å². The Balaban J connectivity index is 1.63. The first-order valence-corrected chi connectivity index (χ1v) is 7.95. The standard InChI is InChI=1S/C19H17N5O/c1-25-16-9-5-6-14(10-16)11-20-18-17-19(22-12-21-18)24(13-23-17)15-7-3-2-4-8-15/h2-10,12-13H,11H2,1H3,(H,20,21,22). The molecule has 0 saturated carbocycles. The van der Waals surface area contributed by atoms with Crippen LogP contribution >= 0.6 is 0 Å². The summed E-state index contributed by atoms with van der Waals surface area (Å²) in [4.78, 5) is 13.2. The highest BCUT2D eigenvalue weighted by Gasteiger charge is 2.11. The minimum absolute atomic E-state index is 0.626. The second-order valence-corrected chi connectivity index (χ2v) is 5.55. The average Bonchev–Trinajstić information content (AvgIpc) is 3.12. The number of fused-ring (bicyclic) bond motifs is 1. The molecule has 0 unspecified atom stereocenters. The van der Waals surface area contributed by atoms with E-state index in [0.717, 1.165) is 28.2 Å². The Morgan fingerprint density at radius 2 is 1.88 bits per heavy atom. The normalized spacial score (nSPS) is 10.8. The SMILES string of the molecule is COc1cccc(CNc2ncnc3c2ncn3-c2ccccc2)c1. The molecule has 4 aromatic rings. The molecule has 4 rings (SSSR count). The number of nitrogens with one attached hydrogen (secondary N) is 1.